The summed E-state index contributed by atoms with van der Waals surface area (Å²) in [6, 6.07) is 0. The third-order valence-corrected chi connectivity index (χ3v) is 3.66. The van der Waals surface area contributed by atoms with Gasteiger partial charge >= 0.3 is 5.97 Å². The van der Waals surface area contributed by atoms with Crippen LogP contribution in [0.5, 0.6) is 0 Å². The monoisotopic (exact) mass is 343 g/mol. The third-order valence-electron chi connectivity index (χ3n) is 3.66. The Balaban J connectivity index is 3.40. The van der Waals surface area contributed by atoms with Crippen molar-refractivity contribution in [2.24, 2.45) is 0 Å². The van der Waals surface area contributed by atoms with E-state index in [2.05, 4.69) is 17.2 Å². The second-order valence-corrected chi connectivity index (χ2v) is 5.67. The Morgan fingerprint density at radius 2 is 1.42 bits per heavy atom. The van der Waals surface area contributed by atoms with Gasteiger partial charge in [0.15, 0.2) is 0 Å². The van der Waals surface area contributed by atoms with Gasteiger partial charge in [-0.05, 0) is 12.8 Å². The molecule has 1 amide bonds. The Labute approximate surface area is 144 Å². The molecular formula is C17H29NO6. The summed E-state index contributed by atoms with van der Waals surface area (Å²) in [7, 11) is 3.34. The maximum atomic E-state index is 11.4. The SMILES string of the molecule is [CH2]OCCCCCCCCCCCCNC(=O)C(OC=O)C([O])=O. The summed E-state index contributed by atoms with van der Waals surface area (Å²) >= 11 is 0. The molecule has 0 saturated carbocycles. The van der Waals surface area contributed by atoms with E-state index in [9.17, 15) is 19.5 Å². The van der Waals surface area contributed by atoms with Crippen LogP contribution in [0.25, 0.3) is 0 Å². The van der Waals surface area contributed by atoms with Crippen LogP contribution in [0.3, 0.4) is 0 Å². The highest BCUT2D eigenvalue weighted by molar-refractivity contribution is 6.00. The first-order chi connectivity index (χ1) is 11.6. The van der Waals surface area contributed by atoms with Crippen LogP contribution in [0.4, 0.5) is 0 Å². The fourth-order valence-corrected chi connectivity index (χ4v) is 2.33. The Morgan fingerprint density at radius 3 is 1.88 bits per heavy atom. The van der Waals surface area contributed by atoms with Crippen LogP contribution in [0, 0.1) is 7.11 Å². The largest absolute Gasteiger partial charge is 0.442 e. The van der Waals surface area contributed by atoms with Gasteiger partial charge < -0.3 is 14.8 Å². The zero-order valence-electron chi connectivity index (χ0n) is 14.3. The highest BCUT2D eigenvalue weighted by Gasteiger charge is 2.29. The lowest BCUT2D eigenvalue weighted by Gasteiger charge is -2.09. The van der Waals surface area contributed by atoms with E-state index in [0.717, 1.165) is 38.7 Å². The van der Waals surface area contributed by atoms with Crippen LogP contribution in [-0.4, -0.2) is 37.6 Å². The Morgan fingerprint density at radius 1 is 0.917 bits per heavy atom. The minimum Gasteiger partial charge on any atom is -0.442 e. The zero-order chi connectivity index (χ0) is 18.0. The molecule has 0 aliphatic rings. The van der Waals surface area contributed by atoms with Gasteiger partial charge in [-0.15, -0.1) is 0 Å². The van der Waals surface area contributed by atoms with E-state index in [-0.39, 0.29) is 6.47 Å². The lowest BCUT2D eigenvalue weighted by Crippen LogP contribution is -2.41. The van der Waals surface area contributed by atoms with Crippen molar-refractivity contribution in [3.63, 3.8) is 0 Å². The van der Waals surface area contributed by atoms with Crippen molar-refractivity contribution in [2.75, 3.05) is 13.2 Å². The fraction of sp³-hybridized carbons (Fsp3) is 0.765. The van der Waals surface area contributed by atoms with Crippen LogP contribution in [0.15, 0.2) is 0 Å². The van der Waals surface area contributed by atoms with Gasteiger partial charge in [0.2, 0.25) is 0 Å². The first-order valence-corrected chi connectivity index (χ1v) is 8.58. The number of ether oxygens (including phenoxy) is 2. The molecule has 2 radical (unpaired) electrons. The number of hydrogen-bond donors (Lipinski definition) is 1. The predicted octanol–water partition coefficient (Wildman–Crippen LogP) is 2.31. The van der Waals surface area contributed by atoms with Gasteiger partial charge in [-0.2, -0.15) is 0 Å². The molecule has 24 heavy (non-hydrogen) atoms. The number of hydrogen-bond acceptors (Lipinski definition) is 5. The average molecular weight is 343 g/mol. The predicted molar refractivity (Wildman–Crippen MR) is 87.1 cm³/mol. The molecule has 7 heteroatoms. The number of unbranched alkanes of at least 4 members (excludes halogenated alkanes) is 9. The van der Waals surface area contributed by atoms with Crippen LogP contribution >= 0.6 is 0 Å². The molecule has 0 aromatic carbocycles. The molecule has 0 aliphatic carbocycles. The first-order valence-electron chi connectivity index (χ1n) is 8.58. The molecular weight excluding hydrogens is 314 g/mol. The topological polar surface area (TPSA) is 102 Å². The summed E-state index contributed by atoms with van der Waals surface area (Å²) in [5, 5.41) is 13.0. The van der Waals surface area contributed by atoms with E-state index in [1.165, 1.54) is 32.1 Å². The van der Waals surface area contributed by atoms with Gasteiger partial charge in [-0.1, -0.05) is 51.4 Å². The summed E-state index contributed by atoms with van der Waals surface area (Å²) < 4.78 is 8.92. The van der Waals surface area contributed by atoms with Crippen LogP contribution in [-0.2, 0) is 29.0 Å². The first kappa shape index (κ1) is 22.4. The third kappa shape index (κ3) is 12.9. The summed E-state index contributed by atoms with van der Waals surface area (Å²) in [5.74, 6) is -2.58. The summed E-state index contributed by atoms with van der Waals surface area (Å²) in [6.45, 7) is 1.02. The van der Waals surface area contributed by atoms with E-state index < -0.39 is 18.0 Å². The molecule has 0 aromatic rings. The van der Waals surface area contributed by atoms with Crippen LogP contribution in [0.1, 0.15) is 64.2 Å². The normalized spacial score (nSPS) is 11.7. The number of nitrogens with one attached hydrogen (secondary N) is 1. The van der Waals surface area contributed by atoms with Gasteiger partial charge in [0.1, 0.15) is 0 Å². The molecule has 0 rings (SSSR count). The summed E-state index contributed by atoms with van der Waals surface area (Å²) in [6.07, 6.45) is 9.28. The van der Waals surface area contributed by atoms with Crippen molar-refractivity contribution in [1.82, 2.24) is 5.32 Å². The Kier molecular flexibility index (Phi) is 15.1. The summed E-state index contributed by atoms with van der Waals surface area (Å²) in [4.78, 5) is 32.2. The van der Waals surface area contributed by atoms with E-state index in [1.54, 1.807) is 0 Å². The minimum atomic E-state index is -1.87. The van der Waals surface area contributed by atoms with Crippen molar-refractivity contribution >= 4 is 18.3 Å². The highest BCUT2D eigenvalue weighted by atomic mass is 16.6. The Bertz CT molecular complexity index is 348. The van der Waals surface area contributed by atoms with Crippen molar-refractivity contribution in [3.05, 3.63) is 7.11 Å². The van der Waals surface area contributed by atoms with Gasteiger partial charge in [-0.25, -0.2) is 9.90 Å². The van der Waals surface area contributed by atoms with Gasteiger partial charge in [0.05, 0.1) is 7.11 Å². The highest BCUT2D eigenvalue weighted by Crippen LogP contribution is 2.10. The van der Waals surface area contributed by atoms with E-state index in [4.69, 9.17) is 4.74 Å². The molecule has 0 aromatic heterocycles. The number of amides is 1. The van der Waals surface area contributed by atoms with Gasteiger partial charge in [0.25, 0.3) is 18.5 Å². The molecule has 0 bridgehead atoms. The smallest absolute Gasteiger partial charge is 0.405 e. The van der Waals surface area contributed by atoms with Crippen LogP contribution in [0.2, 0.25) is 0 Å². The number of rotatable bonds is 17. The van der Waals surface area contributed by atoms with Crippen molar-refractivity contribution in [3.8, 4) is 0 Å². The molecule has 0 fully saturated rings. The maximum Gasteiger partial charge on any atom is 0.405 e. The average Bonchev–Trinajstić information content (AvgIpc) is 2.56. The Hall–Kier alpha value is -1.63. The molecule has 138 valence electrons. The second-order valence-electron chi connectivity index (χ2n) is 5.67. The molecule has 0 spiro atoms. The molecule has 1 N–H and O–H groups in total. The fourth-order valence-electron chi connectivity index (χ4n) is 2.33. The quantitative estimate of drug-likeness (QED) is 0.248. The van der Waals surface area contributed by atoms with Crippen molar-refractivity contribution in [2.45, 2.75) is 70.3 Å². The van der Waals surface area contributed by atoms with E-state index in [0.29, 0.717) is 6.54 Å². The van der Waals surface area contributed by atoms with Crippen molar-refractivity contribution < 1.29 is 29.0 Å². The van der Waals surface area contributed by atoms with E-state index in [1.807, 2.05) is 0 Å². The lowest BCUT2D eigenvalue weighted by molar-refractivity contribution is -0.166. The maximum absolute atomic E-state index is 11.4. The molecule has 0 heterocycles. The summed E-state index contributed by atoms with van der Waals surface area (Å²) in [5.41, 5.74) is 0. The number of carbonyl (C=O) groups is 3. The number of carbonyl (C=O) groups excluding carboxylic acids is 3. The zero-order valence-corrected chi connectivity index (χ0v) is 14.3. The molecule has 1 atom stereocenters. The van der Waals surface area contributed by atoms with Gasteiger partial charge in [0, 0.05) is 13.2 Å². The lowest BCUT2D eigenvalue weighted by atomic mass is 10.1. The van der Waals surface area contributed by atoms with Crippen LogP contribution < -0.4 is 5.32 Å². The van der Waals surface area contributed by atoms with Crippen molar-refractivity contribution in [1.29, 1.82) is 0 Å². The molecule has 0 saturated heterocycles. The molecule has 7 nitrogen and oxygen atoms in total. The molecule has 0 aliphatic heterocycles. The van der Waals surface area contributed by atoms with Gasteiger partial charge in [-0.3, -0.25) is 9.59 Å². The minimum absolute atomic E-state index is 0.0746. The second kappa shape index (κ2) is 16.2. The standard InChI is InChI=1S/C17H29NO6/c1-23-13-11-9-7-5-3-2-4-6-8-10-12-18-16(20)15(17(21)22)24-14-19/h14-15H,1-13H2,(H,18,20). The van der Waals surface area contributed by atoms with E-state index >= 15 is 0 Å². The molecule has 1 unspecified atom stereocenters.